The molecule has 7 nitrogen and oxygen atoms in total. The fourth-order valence-corrected chi connectivity index (χ4v) is 3.12. The number of nitro groups is 1. The molecule has 1 aromatic rings. The standard InChI is InChI=1S/C16H23NO6/c1-20-10-22-13-8-14(12-6-4-3-5-7-12)16(17(18)19)15(9-13)23-11-21-2/h3-7,13-16H,8-11H2,1-2H3. The highest BCUT2D eigenvalue weighted by molar-refractivity contribution is 5.22. The van der Waals surface area contributed by atoms with Crippen LogP contribution >= 0.6 is 0 Å². The van der Waals surface area contributed by atoms with Gasteiger partial charge in [0, 0.05) is 25.6 Å². The summed E-state index contributed by atoms with van der Waals surface area (Å²) in [6, 6.07) is 8.66. The van der Waals surface area contributed by atoms with Gasteiger partial charge in [0.2, 0.25) is 6.04 Å². The average Bonchev–Trinajstić information content (AvgIpc) is 2.58. The highest BCUT2D eigenvalue weighted by atomic mass is 16.7. The van der Waals surface area contributed by atoms with Gasteiger partial charge in [-0.1, -0.05) is 30.3 Å². The zero-order valence-corrected chi connectivity index (χ0v) is 13.4. The van der Waals surface area contributed by atoms with Gasteiger partial charge in [0.25, 0.3) is 0 Å². The van der Waals surface area contributed by atoms with E-state index in [4.69, 9.17) is 18.9 Å². The zero-order chi connectivity index (χ0) is 16.7. The zero-order valence-electron chi connectivity index (χ0n) is 13.4. The summed E-state index contributed by atoms with van der Waals surface area (Å²) in [7, 11) is 3.05. The number of hydrogen-bond donors (Lipinski definition) is 0. The Morgan fingerprint density at radius 3 is 2.35 bits per heavy atom. The van der Waals surface area contributed by atoms with Crippen molar-refractivity contribution in [3.8, 4) is 0 Å². The summed E-state index contributed by atoms with van der Waals surface area (Å²) in [6.45, 7) is 0.180. The fourth-order valence-electron chi connectivity index (χ4n) is 3.12. The minimum Gasteiger partial charge on any atom is -0.359 e. The summed E-state index contributed by atoms with van der Waals surface area (Å²) < 4.78 is 21.1. The lowest BCUT2D eigenvalue weighted by atomic mass is 9.77. The highest BCUT2D eigenvalue weighted by Crippen LogP contribution is 2.37. The molecule has 0 radical (unpaired) electrons. The van der Waals surface area contributed by atoms with Crippen LogP contribution in [0.4, 0.5) is 0 Å². The summed E-state index contributed by atoms with van der Waals surface area (Å²) in [5, 5.41) is 11.7. The fraction of sp³-hybridized carbons (Fsp3) is 0.625. The molecule has 1 fully saturated rings. The van der Waals surface area contributed by atoms with E-state index in [0.29, 0.717) is 12.8 Å². The predicted molar refractivity (Wildman–Crippen MR) is 82.7 cm³/mol. The van der Waals surface area contributed by atoms with E-state index in [-0.39, 0.29) is 30.5 Å². The van der Waals surface area contributed by atoms with E-state index in [1.54, 1.807) is 7.11 Å². The van der Waals surface area contributed by atoms with Crippen molar-refractivity contribution in [1.29, 1.82) is 0 Å². The van der Waals surface area contributed by atoms with Gasteiger partial charge in [-0.25, -0.2) is 0 Å². The molecule has 4 unspecified atom stereocenters. The Morgan fingerprint density at radius 2 is 1.74 bits per heavy atom. The van der Waals surface area contributed by atoms with E-state index in [1.165, 1.54) is 7.11 Å². The smallest absolute Gasteiger partial charge is 0.245 e. The van der Waals surface area contributed by atoms with Crippen molar-refractivity contribution in [2.75, 3.05) is 27.8 Å². The van der Waals surface area contributed by atoms with Crippen LogP contribution < -0.4 is 0 Å². The molecule has 1 aliphatic carbocycles. The molecule has 0 heterocycles. The Labute approximate surface area is 135 Å². The molecule has 1 saturated carbocycles. The third-order valence-corrected chi connectivity index (χ3v) is 4.10. The molecule has 0 spiro atoms. The van der Waals surface area contributed by atoms with E-state index in [0.717, 1.165) is 5.56 Å². The van der Waals surface area contributed by atoms with E-state index in [1.807, 2.05) is 30.3 Å². The first-order valence-electron chi connectivity index (χ1n) is 7.56. The summed E-state index contributed by atoms with van der Waals surface area (Å²) in [4.78, 5) is 11.4. The van der Waals surface area contributed by atoms with Crippen molar-refractivity contribution >= 4 is 0 Å². The third kappa shape index (κ3) is 4.71. The van der Waals surface area contributed by atoms with Crippen LogP contribution in [0.15, 0.2) is 30.3 Å². The van der Waals surface area contributed by atoms with Gasteiger partial charge in [-0.15, -0.1) is 0 Å². The van der Waals surface area contributed by atoms with Crippen LogP contribution in [0.25, 0.3) is 0 Å². The van der Waals surface area contributed by atoms with Gasteiger partial charge < -0.3 is 18.9 Å². The molecular weight excluding hydrogens is 302 g/mol. The summed E-state index contributed by atoms with van der Waals surface area (Å²) in [6.07, 6.45) is 0.289. The Bertz CT molecular complexity index is 483. The topological polar surface area (TPSA) is 80.1 Å². The molecule has 0 aromatic heterocycles. The van der Waals surface area contributed by atoms with Crippen LogP contribution in [-0.4, -0.2) is 51.0 Å². The van der Waals surface area contributed by atoms with E-state index in [9.17, 15) is 10.1 Å². The van der Waals surface area contributed by atoms with Gasteiger partial charge in [0.05, 0.1) is 12.0 Å². The molecular formula is C16H23NO6. The summed E-state index contributed by atoms with van der Waals surface area (Å²) in [5.74, 6) is -0.274. The second kappa shape index (κ2) is 8.93. The van der Waals surface area contributed by atoms with Gasteiger partial charge in [-0.05, 0) is 12.0 Å². The maximum atomic E-state index is 11.7. The Hall–Kier alpha value is -1.54. The van der Waals surface area contributed by atoms with Crippen LogP contribution in [0, 0.1) is 10.1 Å². The van der Waals surface area contributed by atoms with Crippen LogP contribution in [0.1, 0.15) is 24.3 Å². The minimum absolute atomic E-state index is 0.0213. The number of ether oxygens (including phenoxy) is 4. The van der Waals surface area contributed by atoms with Crippen LogP contribution in [0.5, 0.6) is 0 Å². The first kappa shape index (κ1) is 17.8. The molecule has 0 saturated heterocycles. The largest absolute Gasteiger partial charge is 0.359 e. The molecule has 23 heavy (non-hydrogen) atoms. The minimum atomic E-state index is -0.824. The maximum absolute atomic E-state index is 11.7. The second-order valence-corrected chi connectivity index (χ2v) is 5.57. The van der Waals surface area contributed by atoms with Crippen molar-refractivity contribution in [2.24, 2.45) is 0 Å². The number of rotatable bonds is 8. The van der Waals surface area contributed by atoms with E-state index < -0.39 is 12.1 Å². The lowest BCUT2D eigenvalue weighted by Crippen LogP contribution is -2.48. The number of nitrogens with zero attached hydrogens (tertiary/aromatic N) is 1. The number of methoxy groups -OCH3 is 2. The average molecular weight is 325 g/mol. The quantitative estimate of drug-likeness (QED) is 0.414. The molecule has 1 aliphatic rings. The van der Waals surface area contributed by atoms with Crippen molar-refractivity contribution in [3.05, 3.63) is 46.0 Å². The summed E-state index contributed by atoms with van der Waals surface area (Å²) in [5.41, 5.74) is 0.922. The third-order valence-electron chi connectivity index (χ3n) is 4.10. The monoisotopic (exact) mass is 325 g/mol. The van der Waals surface area contributed by atoms with Crippen LogP contribution in [-0.2, 0) is 18.9 Å². The molecule has 0 bridgehead atoms. The molecule has 0 amide bonds. The first-order chi connectivity index (χ1) is 11.2. The molecule has 0 aliphatic heterocycles. The predicted octanol–water partition coefficient (Wildman–Crippen LogP) is 2.19. The van der Waals surface area contributed by atoms with Crippen molar-refractivity contribution in [2.45, 2.75) is 37.0 Å². The van der Waals surface area contributed by atoms with Gasteiger partial charge in [0.1, 0.15) is 19.7 Å². The van der Waals surface area contributed by atoms with E-state index >= 15 is 0 Å². The van der Waals surface area contributed by atoms with Gasteiger partial charge >= 0.3 is 0 Å². The summed E-state index contributed by atoms with van der Waals surface area (Å²) >= 11 is 0. The SMILES string of the molecule is COCOC1CC(OCOC)C([N+](=O)[O-])C(c2ccccc2)C1. The molecule has 1 aromatic carbocycles. The number of benzene rings is 1. The van der Waals surface area contributed by atoms with Crippen molar-refractivity contribution in [3.63, 3.8) is 0 Å². The molecule has 7 heteroatoms. The normalized spacial score (nSPS) is 27.7. The van der Waals surface area contributed by atoms with Crippen LogP contribution in [0.3, 0.4) is 0 Å². The lowest BCUT2D eigenvalue weighted by molar-refractivity contribution is -0.545. The lowest BCUT2D eigenvalue weighted by Gasteiger charge is -2.36. The molecule has 0 N–H and O–H groups in total. The van der Waals surface area contributed by atoms with Crippen molar-refractivity contribution < 1.29 is 23.9 Å². The molecule has 4 atom stereocenters. The Balaban J connectivity index is 2.23. The maximum Gasteiger partial charge on any atom is 0.245 e. The van der Waals surface area contributed by atoms with Gasteiger partial charge in [0.15, 0.2) is 0 Å². The molecule has 128 valence electrons. The Kier molecular flexibility index (Phi) is 6.91. The van der Waals surface area contributed by atoms with Crippen molar-refractivity contribution in [1.82, 2.24) is 0 Å². The van der Waals surface area contributed by atoms with Gasteiger partial charge in [-0.3, -0.25) is 10.1 Å². The highest BCUT2D eigenvalue weighted by Gasteiger charge is 2.47. The van der Waals surface area contributed by atoms with Gasteiger partial charge in [-0.2, -0.15) is 0 Å². The molecule has 2 rings (SSSR count). The number of hydrogen-bond acceptors (Lipinski definition) is 6. The van der Waals surface area contributed by atoms with E-state index in [2.05, 4.69) is 0 Å². The van der Waals surface area contributed by atoms with Crippen LogP contribution in [0.2, 0.25) is 0 Å². The second-order valence-electron chi connectivity index (χ2n) is 5.57. The Morgan fingerprint density at radius 1 is 1.09 bits per heavy atom. The first-order valence-corrected chi connectivity index (χ1v) is 7.56.